The molecule has 2 heterocycles. The largest absolute Gasteiger partial charge is 0.424 e. The van der Waals surface area contributed by atoms with Crippen molar-refractivity contribution in [3.8, 4) is 17.4 Å². The summed E-state index contributed by atoms with van der Waals surface area (Å²) in [6, 6.07) is 16.4. The fourth-order valence-corrected chi connectivity index (χ4v) is 3.22. The van der Waals surface area contributed by atoms with E-state index < -0.39 is 0 Å². The summed E-state index contributed by atoms with van der Waals surface area (Å²) in [6.07, 6.45) is 5.11. The van der Waals surface area contributed by atoms with E-state index >= 15 is 0 Å². The first-order valence-electron chi connectivity index (χ1n) is 9.68. The van der Waals surface area contributed by atoms with E-state index in [1.54, 1.807) is 29.2 Å². The minimum atomic E-state index is -0.277. The van der Waals surface area contributed by atoms with E-state index in [2.05, 4.69) is 27.3 Å². The summed E-state index contributed by atoms with van der Waals surface area (Å²) in [4.78, 5) is 8.10. The van der Waals surface area contributed by atoms with Gasteiger partial charge in [0.25, 0.3) is 0 Å². The van der Waals surface area contributed by atoms with Crippen LogP contribution in [0.3, 0.4) is 0 Å². The maximum absolute atomic E-state index is 13.5. The number of hydrogen-bond acceptors (Lipinski definition) is 5. The lowest BCUT2D eigenvalue weighted by Crippen LogP contribution is -2.18. The normalized spacial score (nSPS) is 12.0. The Balaban J connectivity index is 1.38. The van der Waals surface area contributed by atoms with Crippen molar-refractivity contribution in [2.75, 3.05) is 0 Å². The van der Waals surface area contributed by atoms with Gasteiger partial charge < -0.3 is 10.1 Å². The van der Waals surface area contributed by atoms with Gasteiger partial charge in [-0.1, -0.05) is 18.2 Å². The second kappa shape index (κ2) is 8.84. The monoisotopic (exact) mass is 403 g/mol. The van der Waals surface area contributed by atoms with Crippen LogP contribution >= 0.6 is 0 Å². The molecule has 0 saturated heterocycles. The fraction of sp³-hybridized carbons (Fsp3) is 0.174. The van der Waals surface area contributed by atoms with Crippen molar-refractivity contribution in [1.82, 2.24) is 25.1 Å². The minimum absolute atomic E-state index is 0.0842. The first-order chi connectivity index (χ1) is 14.6. The van der Waals surface area contributed by atoms with Crippen molar-refractivity contribution in [3.05, 3.63) is 95.8 Å². The maximum Gasteiger partial charge on any atom is 0.321 e. The molecule has 4 rings (SSSR count). The summed E-state index contributed by atoms with van der Waals surface area (Å²) >= 11 is 0. The molecule has 0 unspecified atom stereocenters. The van der Waals surface area contributed by atoms with Crippen LogP contribution in [-0.4, -0.2) is 19.7 Å². The molecule has 0 aliphatic carbocycles. The van der Waals surface area contributed by atoms with Crippen molar-refractivity contribution in [2.45, 2.75) is 26.4 Å². The fourth-order valence-electron chi connectivity index (χ4n) is 3.22. The number of nitrogens with zero attached hydrogens (tertiary/aromatic N) is 4. The SMILES string of the molecule is Cc1c([C@H](C)NCc2ccc(Oc3ncccn3)cc2)cnn1-c1cccc(F)c1. The molecule has 6 nitrogen and oxygen atoms in total. The van der Waals surface area contributed by atoms with Gasteiger partial charge in [0.2, 0.25) is 0 Å². The third-order valence-electron chi connectivity index (χ3n) is 4.85. The van der Waals surface area contributed by atoms with E-state index in [1.165, 1.54) is 12.1 Å². The number of hydrogen-bond donors (Lipinski definition) is 1. The van der Waals surface area contributed by atoms with Crippen molar-refractivity contribution in [1.29, 1.82) is 0 Å². The minimum Gasteiger partial charge on any atom is -0.424 e. The summed E-state index contributed by atoms with van der Waals surface area (Å²) < 4.78 is 20.9. The van der Waals surface area contributed by atoms with Gasteiger partial charge in [0, 0.05) is 36.2 Å². The number of rotatable bonds is 7. The molecule has 2 aromatic heterocycles. The molecular formula is C23H22FN5O. The van der Waals surface area contributed by atoms with Gasteiger partial charge in [-0.25, -0.2) is 19.0 Å². The Morgan fingerprint density at radius 2 is 1.83 bits per heavy atom. The zero-order chi connectivity index (χ0) is 20.9. The first kappa shape index (κ1) is 19.7. The highest BCUT2D eigenvalue weighted by Gasteiger charge is 2.14. The number of benzene rings is 2. The molecule has 0 radical (unpaired) electrons. The molecule has 0 aliphatic rings. The Hall–Kier alpha value is -3.58. The third-order valence-corrected chi connectivity index (χ3v) is 4.85. The number of aromatic nitrogens is 4. The molecule has 0 fully saturated rings. The quantitative estimate of drug-likeness (QED) is 0.482. The van der Waals surface area contributed by atoms with Gasteiger partial charge >= 0.3 is 6.01 Å². The molecule has 0 bridgehead atoms. The van der Waals surface area contributed by atoms with E-state index in [4.69, 9.17) is 4.74 Å². The van der Waals surface area contributed by atoms with Crippen LogP contribution in [0.15, 0.2) is 73.2 Å². The molecular weight excluding hydrogens is 381 g/mol. The molecule has 7 heteroatoms. The molecule has 152 valence electrons. The van der Waals surface area contributed by atoms with Gasteiger partial charge in [-0.05, 0) is 55.8 Å². The summed E-state index contributed by atoms with van der Waals surface area (Å²) in [5.74, 6) is 0.409. The van der Waals surface area contributed by atoms with Crippen molar-refractivity contribution in [3.63, 3.8) is 0 Å². The molecule has 1 N–H and O–H groups in total. The predicted molar refractivity (Wildman–Crippen MR) is 112 cm³/mol. The van der Waals surface area contributed by atoms with E-state index in [0.29, 0.717) is 24.0 Å². The summed E-state index contributed by atoms with van der Waals surface area (Å²) in [6.45, 7) is 4.77. The van der Waals surface area contributed by atoms with E-state index in [9.17, 15) is 4.39 Å². The van der Waals surface area contributed by atoms with Crippen LogP contribution < -0.4 is 10.1 Å². The summed E-state index contributed by atoms with van der Waals surface area (Å²) in [5.41, 5.74) is 3.88. The van der Waals surface area contributed by atoms with Crippen molar-refractivity contribution >= 4 is 0 Å². The highest BCUT2D eigenvalue weighted by Crippen LogP contribution is 2.22. The smallest absolute Gasteiger partial charge is 0.321 e. The van der Waals surface area contributed by atoms with Gasteiger partial charge in [-0.3, -0.25) is 0 Å². The van der Waals surface area contributed by atoms with E-state index in [1.807, 2.05) is 43.5 Å². The van der Waals surface area contributed by atoms with Crippen LogP contribution in [0.25, 0.3) is 5.69 Å². The molecule has 4 aromatic rings. The lowest BCUT2D eigenvalue weighted by molar-refractivity contribution is 0.441. The molecule has 2 aromatic carbocycles. The second-order valence-electron chi connectivity index (χ2n) is 6.96. The molecule has 1 atom stereocenters. The Labute approximate surface area is 174 Å². The Morgan fingerprint density at radius 3 is 2.57 bits per heavy atom. The van der Waals surface area contributed by atoms with Gasteiger partial charge in [0.15, 0.2) is 0 Å². The first-order valence-corrected chi connectivity index (χ1v) is 9.68. The zero-order valence-corrected chi connectivity index (χ0v) is 16.8. The van der Waals surface area contributed by atoms with E-state index in [0.717, 1.165) is 16.8 Å². The molecule has 0 spiro atoms. The van der Waals surface area contributed by atoms with Gasteiger partial charge in [-0.15, -0.1) is 0 Å². The number of nitrogens with one attached hydrogen (secondary N) is 1. The molecule has 0 saturated carbocycles. The van der Waals surface area contributed by atoms with Crippen LogP contribution in [0.4, 0.5) is 4.39 Å². The average molecular weight is 403 g/mol. The number of halogens is 1. The second-order valence-corrected chi connectivity index (χ2v) is 6.96. The lowest BCUT2D eigenvalue weighted by Gasteiger charge is -2.14. The summed E-state index contributed by atoms with van der Waals surface area (Å²) in [7, 11) is 0. The Morgan fingerprint density at radius 1 is 1.07 bits per heavy atom. The van der Waals surface area contributed by atoms with Crippen molar-refractivity contribution < 1.29 is 9.13 Å². The van der Waals surface area contributed by atoms with Crippen LogP contribution in [0.2, 0.25) is 0 Å². The molecule has 0 amide bonds. The number of ether oxygens (including phenoxy) is 1. The third kappa shape index (κ3) is 4.52. The van der Waals surface area contributed by atoms with Gasteiger partial charge in [0.1, 0.15) is 11.6 Å². The maximum atomic E-state index is 13.5. The predicted octanol–water partition coefficient (Wildman–Crippen LogP) is 4.75. The topological polar surface area (TPSA) is 64.9 Å². The standard InChI is InChI=1S/C23H22FN5O/c1-16(22-15-28-29(17(22)2)20-6-3-5-19(24)13-20)27-14-18-7-9-21(10-8-18)30-23-25-11-4-12-26-23/h3-13,15-16,27H,14H2,1-2H3/t16-/m0/s1. The van der Waals surface area contributed by atoms with Gasteiger partial charge in [0.05, 0.1) is 11.9 Å². The highest BCUT2D eigenvalue weighted by atomic mass is 19.1. The van der Waals surface area contributed by atoms with Crippen LogP contribution in [0.1, 0.15) is 29.8 Å². The van der Waals surface area contributed by atoms with Crippen molar-refractivity contribution in [2.24, 2.45) is 0 Å². The Bertz CT molecular complexity index is 1110. The highest BCUT2D eigenvalue weighted by molar-refractivity contribution is 5.36. The van der Waals surface area contributed by atoms with Crippen LogP contribution in [0.5, 0.6) is 11.8 Å². The molecule has 0 aliphatic heterocycles. The van der Waals surface area contributed by atoms with Crippen LogP contribution in [-0.2, 0) is 6.54 Å². The van der Waals surface area contributed by atoms with Crippen LogP contribution in [0, 0.1) is 12.7 Å². The Kier molecular flexibility index (Phi) is 5.81. The van der Waals surface area contributed by atoms with E-state index in [-0.39, 0.29) is 11.9 Å². The molecule has 30 heavy (non-hydrogen) atoms. The summed E-state index contributed by atoms with van der Waals surface area (Å²) in [5, 5.41) is 7.94. The lowest BCUT2D eigenvalue weighted by atomic mass is 10.1. The average Bonchev–Trinajstić information content (AvgIpc) is 3.15. The van der Waals surface area contributed by atoms with Gasteiger partial charge in [-0.2, -0.15) is 5.10 Å². The zero-order valence-electron chi connectivity index (χ0n) is 16.8.